The van der Waals surface area contributed by atoms with Gasteiger partial charge in [-0.3, -0.25) is 0 Å². The Balaban J connectivity index is 1.58. The number of piperazine rings is 1. The van der Waals surface area contributed by atoms with Crippen LogP contribution >= 0.6 is 0 Å². The van der Waals surface area contributed by atoms with E-state index in [1.165, 1.54) is 6.07 Å². The summed E-state index contributed by atoms with van der Waals surface area (Å²) in [6, 6.07) is 6.83. The molecule has 2 bridgehead atoms. The second-order valence-electron chi connectivity index (χ2n) is 10.7. The summed E-state index contributed by atoms with van der Waals surface area (Å²) < 4.78 is 38.1. The van der Waals surface area contributed by atoms with Gasteiger partial charge >= 0.3 is 0 Å². The molecule has 0 radical (unpaired) electrons. The van der Waals surface area contributed by atoms with Gasteiger partial charge in [0.2, 0.25) is 5.88 Å². The van der Waals surface area contributed by atoms with E-state index >= 15 is 4.39 Å². The van der Waals surface area contributed by atoms with E-state index in [9.17, 15) is 4.39 Å². The number of nitrogens with zero attached hydrogens (tertiary/aromatic N) is 3. The van der Waals surface area contributed by atoms with Crippen LogP contribution in [0.3, 0.4) is 0 Å². The third-order valence-corrected chi connectivity index (χ3v) is 8.52. The van der Waals surface area contributed by atoms with Crippen LogP contribution in [0.15, 0.2) is 24.3 Å². The summed E-state index contributed by atoms with van der Waals surface area (Å²) in [5.74, 6) is 2.37. The summed E-state index contributed by atoms with van der Waals surface area (Å²) in [5, 5.41) is 5.69. The van der Waals surface area contributed by atoms with Crippen LogP contribution in [0.5, 0.6) is 5.88 Å². The van der Waals surface area contributed by atoms with E-state index in [-0.39, 0.29) is 29.4 Å². The van der Waals surface area contributed by atoms with E-state index in [0.717, 1.165) is 25.1 Å². The van der Waals surface area contributed by atoms with Crippen LogP contribution in [0.4, 0.5) is 20.3 Å². The summed E-state index contributed by atoms with van der Waals surface area (Å²) in [4.78, 5) is 12.0. The third kappa shape index (κ3) is 3.08. The first kappa shape index (κ1) is 23.2. The molecule has 4 atom stereocenters. The number of pyridine rings is 2. The van der Waals surface area contributed by atoms with Gasteiger partial charge in [-0.2, -0.15) is 0 Å². The minimum Gasteiger partial charge on any atom is -0.472 e. The van der Waals surface area contributed by atoms with Crippen molar-refractivity contribution in [2.24, 2.45) is 0 Å². The van der Waals surface area contributed by atoms with Crippen molar-refractivity contribution in [3.63, 3.8) is 0 Å². The predicted molar refractivity (Wildman–Crippen MR) is 145 cm³/mol. The summed E-state index contributed by atoms with van der Waals surface area (Å²) in [5.41, 5.74) is 8.46. The second kappa shape index (κ2) is 8.02. The zero-order valence-electron chi connectivity index (χ0n) is 21.4. The normalized spacial score (nSPS) is 23.7. The molecule has 38 heavy (non-hydrogen) atoms. The van der Waals surface area contributed by atoms with Crippen molar-refractivity contribution in [3.05, 3.63) is 52.7 Å². The van der Waals surface area contributed by atoms with Gasteiger partial charge in [0.05, 0.1) is 17.0 Å². The van der Waals surface area contributed by atoms with Gasteiger partial charge in [-0.1, -0.05) is 12.0 Å². The molecule has 192 valence electrons. The molecule has 6 nitrogen and oxygen atoms in total. The molecule has 0 amide bonds. The van der Waals surface area contributed by atoms with Gasteiger partial charge in [0.25, 0.3) is 0 Å². The Morgan fingerprint density at radius 3 is 2.74 bits per heavy atom. The Bertz CT molecular complexity index is 1730. The maximum absolute atomic E-state index is 16.8. The van der Waals surface area contributed by atoms with Gasteiger partial charge in [0.15, 0.2) is 5.82 Å². The monoisotopic (exact) mass is 511 g/mol. The number of hydrogen-bond donors (Lipinski definition) is 2. The number of aromatic nitrogens is 2. The van der Waals surface area contributed by atoms with Crippen molar-refractivity contribution >= 4 is 33.1 Å². The maximum Gasteiger partial charge on any atom is 0.226 e. The average molecular weight is 512 g/mol. The van der Waals surface area contributed by atoms with Gasteiger partial charge in [0.1, 0.15) is 23.4 Å². The molecule has 2 saturated heterocycles. The maximum atomic E-state index is 16.8. The van der Waals surface area contributed by atoms with Gasteiger partial charge in [-0.25, -0.2) is 18.7 Å². The largest absolute Gasteiger partial charge is 0.472 e. The van der Waals surface area contributed by atoms with Crippen LogP contribution in [0.25, 0.3) is 32.8 Å². The minimum absolute atomic E-state index is 0.0262. The lowest BCUT2D eigenvalue weighted by molar-refractivity contribution is 0.155. The Kier molecular flexibility index (Phi) is 4.89. The predicted octanol–water partition coefficient (Wildman–Crippen LogP) is 5.00. The number of terminal acetylenes is 1. The summed E-state index contributed by atoms with van der Waals surface area (Å²) >= 11 is 0. The summed E-state index contributed by atoms with van der Waals surface area (Å²) in [6.07, 6.45) is 7.62. The zero-order valence-corrected chi connectivity index (χ0v) is 21.4. The number of fused-ring (bicyclic) bond motifs is 6. The molecule has 0 saturated carbocycles. The minimum atomic E-state index is -0.562. The van der Waals surface area contributed by atoms with Crippen molar-refractivity contribution in [2.45, 2.75) is 57.8 Å². The van der Waals surface area contributed by atoms with E-state index in [1.807, 2.05) is 20.8 Å². The van der Waals surface area contributed by atoms with Gasteiger partial charge in [0, 0.05) is 46.3 Å². The first-order chi connectivity index (χ1) is 18.3. The highest BCUT2D eigenvalue weighted by atomic mass is 19.1. The quantitative estimate of drug-likeness (QED) is 0.277. The number of aryl methyl sites for hydroxylation is 2. The number of rotatable bonds is 1. The first-order valence-electron chi connectivity index (χ1n) is 12.9. The van der Waals surface area contributed by atoms with Crippen LogP contribution in [0.1, 0.15) is 36.6 Å². The molecule has 2 fully saturated rings. The van der Waals surface area contributed by atoms with Gasteiger partial charge in [-0.05, 0) is 62.8 Å². The second-order valence-corrected chi connectivity index (χ2v) is 10.7. The molecular formula is C30H27F2N5O. The van der Waals surface area contributed by atoms with Gasteiger partial charge < -0.3 is 20.7 Å². The number of anilines is 2. The molecule has 4 aromatic rings. The van der Waals surface area contributed by atoms with Crippen molar-refractivity contribution < 1.29 is 13.5 Å². The number of nitrogens with one attached hydrogen (secondary N) is 1. The van der Waals surface area contributed by atoms with Crippen LogP contribution in [0, 0.1) is 37.8 Å². The average Bonchev–Trinajstić information content (AvgIpc) is 3.21. The standard InChI is InChI=1S/C30H27F2N5O/c1-5-19-21(31)8-6-16-10-17(33)11-20(24(16)19)27-26(32)23-13(2)14(3)34-29-25(23)30(36-27)38-15(4)28-22-9-7-18(35-22)12-37(28)29/h1,6,8,10-11,15,18,22,28,35H,7,9,12,33H2,2-4H3/t15-,18+,22-,28+/m0/s1. The lowest BCUT2D eigenvalue weighted by atomic mass is 9.94. The van der Waals surface area contributed by atoms with E-state index in [1.54, 1.807) is 18.2 Å². The van der Waals surface area contributed by atoms with Crippen molar-refractivity contribution in [2.75, 3.05) is 17.2 Å². The fraction of sp³-hybridized carbons (Fsp3) is 0.333. The van der Waals surface area contributed by atoms with E-state index in [2.05, 4.69) is 16.1 Å². The van der Waals surface area contributed by atoms with E-state index in [0.29, 0.717) is 56.1 Å². The lowest BCUT2D eigenvalue weighted by Gasteiger charge is -2.43. The molecule has 3 aliphatic heterocycles. The smallest absolute Gasteiger partial charge is 0.226 e. The topological polar surface area (TPSA) is 76.3 Å². The number of ether oxygens (including phenoxy) is 1. The molecule has 0 unspecified atom stereocenters. The molecule has 3 N–H and O–H groups in total. The van der Waals surface area contributed by atoms with Crippen LogP contribution in [-0.4, -0.2) is 40.7 Å². The van der Waals surface area contributed by atoms with Crippen LogP contribution in [-0.2, 0) is 0 Å². The Morgan fingerprint density at radius 1 is 1.13 bits per heavy atom. The molecule has 2 aromatic carbocycles. The number of hydrogen-bond acceptors (Lipinski definition) is 6. The number of nitrogen functional groups attached to an aromatic ring is 1. The first-order valence-corrected chi connectivity index (χ1v) is 12.9. The summed E-state index contributed by atoms with van der Waals surface area (Å²) in [7, 11) is 0. The van der Waals surface area contributed by atoms with Crippen molar-refractivity contribution in [1.82, 2.24) is 15.3 Å². The van der Waals surface area contributed by atoms with Crippen molar-refractivity contribution in [1.29, 1.82) is 0 Å². The third-order valence-electron chi connectivity index (χ3n) is 8.52. The molecule has 2 aromatic heterocycles. The SMILES string of the molecule is C#Cc1c(F)ccc2cc(N)cc(-c3nc4c5c(nc(C)c(C)c5c3F)N3C[C@H]5CC[C@H](N5)[C@H]3[C@H](C)O4)c12. The fourth-order valence-electron chi connectivity index (χ4n) is 6.74. The van der Waals surface area contributed by atoms with E-state index in [4.69, 9.17) is 26.9 Å². The van der Waals surface area contributed by atoms with Crippen LogP contribution < -0.4 is 20.7 Å². The molecule has 3 aliphatic rings. The molecule has 0 aliphatic carbocycles. The molecular weight excluding hydrogens is 484 g/mol. The fourth-order valence-corrected chi connectivity index (χ4v) is 6.74. The number of nitrogens with two attached hydrogens (primary N) is 1. The van der Waals surface area contributed by atoms with Crippen molar-refractivity contribution in [3.8, 4) is 29.5 Å². The molecule has 7 rings (SSSR count). The highest BCUT2D eigenvalue weighted by Crippen LogP contribution is 2.46. The lowest BCUT2D eigenvalue weighted by Crippen LogP contribution is -2.62. The highest BCUT2D eigenvalue weighted by molar-refractivity contribution is 6.06. The molecule has 8 heteroatoms. The molecule has 0 spiro atoms. The molecule has 5 heterocycles. The Morgan fingerprint density at radius 2 is 1.95 bits per heavy atom. The zero-order chi connectivity index (χ0) is 26.5. The van der Waals surface area contributed by atoms with Crippen LogP contribution in [0.2, 0.25) is 0 Å². The number of halogens is 2. The Hall–Kier alpha value is -3.96. The van der Waals surface area contributed by atoms with E-state index < -0.39 is 11.6 Å². The van der Waals surface area contributed by atoms with Gasteiger partial charge in [-0.15, -0.1) is 6.42 Å². The number of benzene rings is 2. The highest BCUT2D eigenvalue weighted by Gasteiger charge is 2.47. The summed E-state index contributed by atoms with van der Waals surface area (Å²) in [6.45, 7) is 6.55. The Labute approximate surface area is 219 Å².